The number of rotatable bonds is 8. The topological polar surface area (TPSA) is 58.6 Å². The van der Waals surface area contributed by atoms with Gasteiger partial charge >= 0.3 is 0 Å². The Bertz CT molecular complexity index is 391. The van der Waals surface area contributed by atoms with Crippen LogP contribution in [0.1, 0.15) is 33.1 Å². The lowest BCUT2D eigenvalue weighted by atomic mass is 10.2. The Morgan fingerprint density at radius 3 is 2.84 bits per heavy atom. The molecule has 19 heavy (non-hydrogen) atoms. The minimum atomic E-state index is -0.0329. The van der Waals surface area contributed by atoms with Gasteiger partial charge in [0.2, 0.25) is 5.91 Å². The third-order valence-corrected chi connectivity index (χ3v) is 2.51. The van der Waals surface area contributed by atoms with Crippen molar-refractivity contribution in [1.29, 1.82) is 0 Å². The minimum Gasteiger partial charge on any atom is -0.493 e. The van der Waals surface area contributed by atoms with E-state index in [9.17, 15) is 4.79 Å². The van der Waals surface area contributed by atoms with Crippen LogP contribution < -0.4 is 10.1 Å². The fourth-order valence-corrected chi connectivity index (χ4v) is 1.55. The minimum absolute atomic E-state index is 0.0329. The maximum Gasteiger partial charge on any atom is 0.224 e. The van der Waals surface area contributed by atoms with E-state index in [0.29, 0.717) is 31.8 Å². The number of benzene rings is 1. The molecule has 1 amide bonds. The van der Waals surface area contributed by atoms with Crippen LogP contribution in [0.15, 0.2) is 24.3 Å². The second-order valence-corrected chi connectivity index (χ2v) is 4.96. The van der Waals surface area contributed by atoms with Gasteiger partial charge in [0.15, 0.2) is 0 Å². The first-order valence-corrected chi connectivity index (χ1v) is 6.75. The van der Waals surface area contributed by atoms with Gasteiger partial charge in [-0.15, -0.1) is 0 Å². The molecule has 106 valence electrons. The lowest BCUT2D eigenvalue weighted by Crippen LogP contribution is -2.11. The molecule has 0 unspecified atom stereocenters. The molecule has 2 N–H and O–H groups in total. The molecular weight excluding hydrogens is 242 g/mol. The fraction of sp³-hybridized carbons (Fsp3) is 0.533. The van der Waals surface area contributed by atoms with Crippen LogP contribution in [-0.4, -0.2) is 24.2 Å². The summed E-state index contributed by atoms with van der Waals surface area (Å²) in [4.78, 5) is 11.6. The number of carbonyl (C=O) groups is 1. The quantitative estimate of drug-likeness (QED) is 0.711. The normalized spacial score (nSPS) is 10.5. The number of aliphatic hydroxyl groups is 1. The van der Waals surface area contributed by atoms with Gasteiger partial charge in [0, 0.05) is 24.8 Å². The van der Waals surface area contributed by atoms with Crippen LogP contribution in [0.4, 0.5) is 5.69 Å². The maximum atomic E-state index is 11.6. The summed E-state index contributed by atoms with van der Waals surface area (Å²) in [6, 6.07) is 7.40. The van der Waals surface area contributed by atoms with Crippen LogP contribution in [-0.2, 0) is 4.79 Å². The average Bonchev–Trinajstić information content (AvgIpc) is 2.37. The third-order valence-electron chi connectivity index (χ3n) is 2.51. The van der Waals surface area contributed by atoms with Gasteiger partial charge < -0.3 is 15.2 Å². The molecule has 0 atom stereocenters. The van der Waals surface area contributed by atoms with Crippen molar-refractivity contribution in [3.8, 4) is 5.75 Å². The number of anilines is 1. The molecule has 0 aromatic heterocycles. The zero-order valence-electron chi connectivity index (χ0n) is 11.7. The number of amides is 1. The number of hydrogen-bond donors (Lipinski definition) is 2. The monoisotopic (exact) mass is 265 g/mol. The van der Waals surface area contributed by atoms with Crippen molar-refractivity contribution in [3.05, 3.63) is 24.3 Å². The number of unbranched alkanes of at least 4 members (excludes halogenated alkanes) is 1. The SMILES string of the molecule is CC(C)COc1cccc(NC(=O)CCCCO)c1. The van der Waals surface area contributed by atoms with Gasteiger partial charge in [-0.05, 0) is 30.9 Å². The Kier molecular flexibility index (Phi) is 6.97. The average molecular weight is 265 g/mol. The highest BCUT2D eigenvalue weighted by atomic mass is 16.5. The fourth-order valence-electron chi connectivity index (χ4n) is 1.55. The Morgan fingerprint density at radius 2 is 2.16 bits per heavy atom. The van der Waals surface area contributed by atoms with Crippen LogP contribution in [0.25, 0.3) is 0 Å². The Morgan fingerprint density at radius 1 is 1.37 bits per heavy atom. The summed E-state index contributed by atoms with van der Waals surface area (Å²) in [6.45, 7) is 4.97. The molecular formula is C15H23NO3. The predicted molar refractivity (Wildman–Crippen MR) is 76.3 cm³/mol. The molecule has 0 saturated carbocycles. The molecule has 0 aliphatic rings. The molecule has 0 heterocycles. The Balaban J connectivity index is 2.45. The molecule has 0 radical (unpaired) electrons. The van der Waals surface area contributed by atoms with Crippen LogP contribution in [0.5, 0.6) is 5.75 Å². The van der Waals surface area contributed by atoms with Crippen molar-refractivity contribution in [3.63, 3.8) is 0 Å². The van der Waals surface area contributed by atoms with Crippen molar-refractivity contribution in [2.24, 2.45) is 5.92 Å². The van der Waals surface area contributed by atoms with Gasteiger partial charge in [0.25, 0.3) is 0 Å². The Hall–Kier alpha value is -1.55. The largest absolute Gasteiger partial charge is 0.493 e. The van der Waals surface area contributed by atoms with Gasteiger partial charge in [0.05, 0.1) is 6.61 Å². The van der Waals surface area contributed by atoms with Crippen molar-refractivity contribution < 1.29 is 14.6 Å². The summed E-state index contributed by atoms with van der Waals surface area (Å²) in [5.74, 6) is 1.20. The van der Waals surface area contributed by atoms with E-state index in [4.69, 9.17) is 9.84 Å². The smallest absolute Gasteiger partial charge is 0.224 e. The third kappa shape index (κ3) is 6.82. The first kappa shape index (κ1) is 15.5. The second-order valence-electron chi connectivity index (χ2n) is 4.96. The van der Waals surface area contributed by atoms with Crippen molar-refractivity contribution in [1.82, 2.24) is 0 Å². The molecule has 0 aliphatic heterocycles. The molecule has 1 aromatic carbocycles. The first-order valence-electron chi connectivity index (χ1n) is 6.75. The van der Waals surface area contributed by atoms with E-state index in [1.807, 2.05) is 24.3 Å². The predicted octanol–water partition coefficient (Wildman–Crippen LogP) is 2.82. The van der Waals surface area contributed by atoms with Crippen molar-refractivity contribution in [2.45, 2.75) is 33.1 Å². The lowest BCUT2D eigenvalue weighted by molar-refractivity contribution is -0.116. The van der Waals surface area contributed by atoms with E-state index in [2.05, 4.69) is 19.2 Å². The molecule has 1 rings (SSSR count). The Labute approximate surface area is 114 Å². The summed E-state index contributed by atoms with van der Waals surface area (Å²) < 4.78 is 5.60. The molecule has 0 aliphatic carbocycles. The molecule has 4 heteroatoms. The van der Waals surface area contributed by atoms with E-state index in [0.717, 1.165) is 11.4 Å². The molecule has 0 spiro atoms. The number of aliphatic hydroxyl groups excluding tert-OH is 1. The number of carbonyl (C=O) groups excluding carboxylic acids is 1. The second kappa shape index (κ2) is 8.53. The number of ether oxygens (including phenoxy) is 1. The van der Waals surface area contributed by atoms with E-state index in [1.54, 1.807) is 0 Å². The van der Waals surface area contributed by atoms with E-state index < -0.39 is 0 Å². The number of nitrogens with one attached hydrogen (secondary N) is 1. The van der Waals surface area contributed by atoms with Gasteiger partial charge in [-0.25, -0.2) is 0 Å². The van der Waals surface area contributed by atoms with E-state index in [-0.39, 0.29) is 12.5 Å². The summed E-state index contributed by atoms with van der Waals surface area (Å²) in [5, 5.41) is 11.5. The number of hydrogen-bond acceptors (Lipinski definition) is 3. The van der Waals surface area contributed by atoms with E-state index in [1.165, 1.54) is 0 Å². The van der Waals surface area contributed by atoms with Gasteiger partial charge in [-0.1, -0.05) is 19.9 Å². The molecule has 0 saturated heterocycles. The highest BCUT2D eigenvalue weighted by Gasteiger charge is 2.03. The van der Waals surface area contributed by atoms with Gasteiger partial charge in [0.1, 0.15) is 5.75 Å². The molecule has 4 nitrogen and oxygen atoms in total. The highest BCUT2D eigenvalue weighted by Crippen LogP contribution is 2.18. The summed E-state index contributed by atoms with van der Waals surface area (Å²) >= 11 is 0. The van der Waals surface area contributed by atoms with Crippen LogP contribution in [0, 0.1) is 5.92 Å². The maximum absolute atomic E-state index is 11.6. The van der Waals surface area contributed by atoms with Gasteiger partial charge in [-0.2, -0.15) is 0 Å². The van der Waals surface area contributed by atoms with Crippen molar-refractivity contribution in [2.75, 3.05) is 18.5 Å². The van der Waals surface area contributed by atoms with E-state index >= 15 is 0 Å². The molecule has 0 bridgehead atoms. The zero-order chi connectivity index (χ0) is 14.1. The van der Waals surface area contributed by atoms with Crippen LogP contribution in [0.3, 0.4) is 0 Å². The standard InChI is InChI=1S/C15H23NO3/c1-12(2)11-19-14-7-5-6-13(10-14)16-15(18)8-3-4-9-17/h5-7,10,12,17H,3-4,8-9,11H2,1-2H3,(H,16,18). The lowest BCUT2D eigenvalue weighted by Gasteiger charge is -2.10. The summed E-state index contributed by atoms with van der Waals surface area (Å²) in [6.07, 6.45) is 1.79. The van der Waals surface area contributed by atoms with Crippen LogP contribution >= 0.6 is 0 Å². The first-order chi connectivity index (χ1) is 9.11. The summed E-state index contributed by atoms with van der Waals surface area (Å²) in [7, 11) is 0. The van der Waals surface area contributed by atoms with Crippen LogP contribution in [0.2, 0.25) is 0 Å². The van der Waals surface area contributed by atoms with Gasteiger partial charge in [-0.3, -0.25) is 4.79 Å². The van der Waals surface area contributed by atoms with Crippen molar-refractivity contribution >= 4 is 11.6 Å². The summed E-state index contributed by atoms with van der Waals surface area (Å²) in [5.41, 5.74) is 0.746. The molecule has 0 fully saturated rings. The highest BCUT2D eigenvalue weighted by molar-refractivity contribution is 5.90. The zero-order valence-corrected chi connectivity index (χ0v) is 11.7. The molecule has 1 aromatic rings.